The molecule has 0 aliphatic carbocycles. The van der Waals surface area contributed by atoms with E-state index >= 15 is 0 Å². The summed E-state index contributed by atoms with van der Waals surface area (Å²) in [6, 6.07) is 0.543. The number of rotatable bonds is 1. The Kier molecular flexibility index (Phi) is 2.82. The summed E-state index contributed by atoms with van der Waals surface area (Å²) >= 11 is 0. The van der Waals surface area contributed by atoms with E-state index in [9.17, 15) is 0 Å². The fourth-order valence-corrected chi connectivity index (χ4v) is 2.65. The highest BCUT2D eigenvalue weighted by Gasteiger charge is 2.28. The van der Waals surface area contributed by atoms with Gasteiger partial charge in [0.2, 0.25) is 0 Å². The van der Waals surface area contributed by atoms with E-state index in [0.717, 1.165) is 13.1 Å². The Balaban J connectivity index is 2.48. The Labute approximate surface area is 98.2 Å². The average Bonchev–Trinajstić information content (AvgIpc) is 2.73. The maximum Gasteiger partial charge on any atom is 0.0659 e. The van der Waals surface area contributed by atoms with Crippen LogP contribution in [-0.2, 0) is 5.41 Å². The number of aryl methyl sites for hydroxylation is 1. The first-order chi connectivity index (χ1) is 7.41. The van der Waals surface area contributed by atoms with Gasteiger partial charge >= 0.3 is 0 Å². The lowest BCUT2D eigenvalue weighted by molar-refractivity contribution is 0.422. The summed E-state index contributed by atoms with van der Waals surface area (Å²) in [6.45, 7) is 13.3. The zero-order valence-corrected chi connectivity index (χ0v) is 11.1. The van der Waals surface area contributed by atoms with Crippen molar-refractivity contribution in [3.8, 4) is 0 Å². The van der Waals surface area contributed by atoms with E-state index in [4.69, 9.17) is 5.10 Å². The van der Waals surface area contributed by atoms with E-state index in [1.54, 1.807) is 0 Å². The van der Waals surface area contributed by atoms with Crippen molar-refractivity contribution in [2.45, 2.75) is 52.5 Å². The van der Waals surface area contributed by atoms with E-state index in [1.165, 1.54) is 23.4 Å². The van der Waals surface area contributed by atoms with Crippen LogP contribution in [0.4, 0.5) is 0 Å². The maximum absolute atomic E-state index is 4.74. The molecule has 0 amide bonds. The number of nitrogens with zero attached hydrogens (tertiary/aromatic N) is 2. The highest BCUT2D eigenvalue weighted by atomic mass is 15.3. The molecule has 2 rings (SSSR count). The van der Waals surface area contributed by atoms with Crippen LogP contribution >= 0.6 is 0 Å². The molecule has 1 fully saturated rings. The van der Waals surface area contributed by atoms with Gasteiger partial charge in [-0.2, -0.15) is 5.10 Å². The average molecular weight is 221 g/mol. The molecule has 2 heterocycles. The van der Waals surface area contributed by atoms with Crippen molar-refractivity contribution in [3.63, 3.8) is 0 Å². The molecule has 3 nitrogen and oxygen atoms in total. The summed E-state index contributed by atoms with van der Waals surface area (Å²) in [7, 11) is 0. The van der Waals surface area contributed by atoms with E-state index in [-0.39, 0.29) is 5.41 Å². The van der Waals surface area contributed by atoms with Crippen molar-refractivity contribution in [2.75, 3.05) is 13.1 Å². The van der Waals surface area contributed by atoms with Crippen LogP contribution in [-0.4, -0.2) is 22.9 Å². The number of hydrogen-bond donors (Lipinski definition) is 1. The van der Waals surface area contributed by atoms with Crippen molar-refractivity contribution >= 4 is 0 Å². The van der Waals surface area contributed by atoms with Gasteiger partial charge in [0.25, 0.3) is 0 Å². The quantitative estimate of drug-likeness (QED) is 0.789. The standard InChI is InChI=1S/C13H23N3/c1-9-10(2)15-16(11-6-7-14-8-11)12(9)13(3,4)5/h11,14H,6-8H2,1-5H3. The molecule has 0 saturated carbocycles. The Hall–Kier alpha value is -0.830. The van der Waals surface area contributed by atoms with Crippen LogP contribution in [0.25, 0.3) is 0 Å². The minimum atomic E-state index is 0.175. The summed E-state index contributed by atoms with van der Waals surface area (Å²) in [6.07, 6.45) is 1.20. The fraction of sp³-hybridized carbons (Fsp3) is 0.769. The van der Waals surface area contributed by atoms with Crippen LogP contribution in [0.5, 0.6) is 0 Å². The Morgan fingerprint density at radius 2 is 2.00 bits per heavy atom. The molecule has 0 radical (unpaired) electrons. The molecule has 1 aromatic heterocycles. The van der Waals surface area contributed by atoms with Crippen molar-refractivity contribution in [1.29, 1.82) is 0 Å². The molecule has 1 atom stereocenters. The summed E-state index contributed by atoms with van der Waals surface area (Å²) in [5, 5.41) is 8.15. The minimum absolute atomic E-state index is 0.175. The van der Waals surface area contributed by atoms with Crippen LogP contribution in [0.3, 0.4) is 0 Å². The first kappa shape index (κ1) is 11.6. The molecule has 0 bridgehead atoms. The van der Waals surface area contributed by atoms with Crippen molar-refractivity contribution in [1.82, 2.24) is 15.1 Å². The van der Waals surface area contributed by atoms with Gasteiger partial charge in [0.15, 0.2) is 0 Å². The van der Waals surface area contributed by atoms with Crippen molar-refractivity contribution in [3.05, 3.63) is 17.0 Å². The monoisotopic (exact) mass is 221 g/mol. The molecule has 0 aromatic carbocycles. The second-order valence-electron chi connectivity index (χ2n) is 5.90. The third kappa shape index (κ3) is 1.88. The van der Waals surface area contributed by atoms with Crippen molar-refractivity contribution < 1.29 is 0 Å². The molecule has 90 valence electrons. The number of aromatic nitrogens is 2. The van der Waals surface area contributed by atoms with Gasteiger partial charge in [0.05, 0.1) is 11.7 Å². The predicted octanol–water partition coefficient (Wildman–Crippen LogP) is 2.33. The molecule has 16 heavy (non-hydrogen) atoms. The van der Waals surface area contributed by atoms with Gasteiger partial charge in [0.1, 0.15) is 0 Å². The molecule has 0 spiro atoms. The van der Waals surface area contributed by atoms with Gasteiger partial charge in [-0.1, -0.05) is 20.8 Å². The second kappa shape index (κ2) is 3.88. The molecule has 1 saturated heterocycles. The highest BCUT2D eigenvalue weighted by molar-refractivity contribution is 5.30. The van der Waals surface area contributed by atoms with Gasteiger partial charge in [-0.3, -0.25) is 4.68 Å². The van der Waals surface area contributed by atoms with Gasteiger partial charge in [-0.05, 0) is 32.4 Å². The third-order valence-electron chi connectivity index (χ3n) is 3.48. The highest BCUT2D eigenvalue weighted by Crippen LogP contribution is 2.31. The first-order valence-electron chi connectivity index (χ1n) is 6.18. The summed E-state index contributed by atoms with van der Waals surface area (Å²) in [4.78, 5) is 0. The molecule has 3 heteroatoms. The topological polar surface area (TPSA) is 29.9 Å². The molecular formula is C13H23N3. The lowest BCUT2D eigenvalue weighted by atomic mass is 9.88. The zero-order chi connectivity index (χ0) is 11.9. The number of hydrogen-bond acceptors (Lipinski definition) is 2. The Morgan fingerprint density at radius 1 is 1.31 bits per heavy atom. The lowest BCUT2D eigenvalue weighted by Gasteiger charge is -2.24. The van der Waals surface area contributed by atoms with Crippen LogP contribution in [0.1, 0.15) is 50.2 Å². The Bertz CT molecular complexity index is 379. The van der Waals surface area contributed by atoms with Crippen LogP contribution in [0, 0.1) is 13.8 Å². The molecule has 1 unspecified atom stereocenters. The molecular weight excluding hydrogens is 198 g/mol. The first-order valence-corrected chi connectivity index (χ1v) is 6.18. The van der Waals surface area contributed by atoms with Crippen LogP contribution in [0.15, 0.2) is 0 Å². The fourth-order valence-electron chi connectivity index (χ4n) is 2.65. The molecule has 1 aliphatic heterocycles. The van der Waals surface area contributed by atoms with Gasteiger partial charge in [0, 0.05) is 17.7 Å². The van der Waals surface area contributed by atoms with Gasteiger partial charge < -0.3 is 5.32 Å². The normalized spacial score (nSPS) is 21.7. The van der Waals surface area contributed by atoms with Gasteiger partial charge in [-0.25, -0.2) is 0 Å². The second-order valence-corrected chi connectivity index (χ2v) is 5.90. The smallest absolute Gasteiger partial charge is 0.0659 e. The molecule has 1 aromatic rings. The maximum atomic E-state index is 4.74. The summed E-state index contributed by atoms with van der Waals surface area (Å²) < 4.78 is 2.27. The lowest BCUT2D eigenvalue weighted by Crippen LogP contribution is -2.24. The zero-order valence-electron chi connectivity index (χ0n) is 11.1. The van der Waals surface area contributed by atoms with Gasteiger partial charge in [-0.15, -0.1) is 0 Å². The minimum Gasteiger partial charge on any atom is -0.315 e. The van der Waals surface area contributed by atoms with E-state index in [2.05, 4.69) is 44.6 Å². The molecule has 1 aliphatic rings. The van der Waals surface area contributed by atoms with E-state index < -0.39 is 0 Å². The molecule has 1 N–H and O–H groups in total. The third-order valence-corrected chi connectivity index (χ3v) is 3.48. The Morgan fingerprint density at radius 3 is 2.50 bits per heavy atom. The van der Waals surface area contributed by atoms with E-state index in [1.807, 2.05) is 0 Å². The summed E-state index contributed by atoms with van der Waals surface area (Å²) in [5.41, 5.74) is 4.11. The van der Waals surface area contributed by atoms with Crippen LogP contribution < -0.4 is 5.32 Å². The van der Waals surface area contributed by atoms with E-state index in [0.29, 0.717) is 6.04 Å². The van der Waals surface area contributed by atoms with Crippen LogP contribution in [0.2, 0.25) is 0 Å². The van der Waals surface area contributed by atoms with Crippen molar-refractivity contribution in [2.24, 2.45) is 0 Å². The predicted molar refractivity (Wildman–Crippen MR) is 66.9 cm³/mol. The summed E-state index contributed by atoms with van der Waals surface area (Å²) in [5.74, 6) is 0. The number of nitrogens with one attached hydrogen (secondary N) is 1. The SMILES string of the molecule is Cc1nn(C2CCNC2)c(C(C)(C)C)c1C. The largest absolute Gasteiger partial charge is 0.315 e.